The molecule has 2 N–H and O–H groups in total. The van der Waals surface area contributed by atoms with E-state index in [0.717, 1.165) is 23.5 Å². The van der Waals surface area contributed by atoms with E-state index in [0.29, 0.717) is 11.7 Å². The largest absolute Gasteiger partial charge is 0.384 e. The van der Waals surface area contributed by atoms with E-state index in [-0.39, 0.29) is 0 Å². The van der Waals surface area contributed by atoms with Crippen LogP contribution in [-0.2, 0) is 13.5 Å². The van der Waals surface area contributed by atoms with Gasteiger partial charge in [-0.15, -0.1) is 0 Å². The Bertz CT molecular complexity index is 515. The molecule has 2 aromatic rings. The number of rotatable bonds is 3. The van der Waals surface area contributed by atoms with Crippen molar-refractivity contribution in [1.29, 1.82) is 0 Å². The first-order valence-electron chi connectivity index (χ1n) is 5.67. The lowest BCUT2D eigenvalue weighted by Gasteiger charge is -2.06. The number of nitrogens with zero attached hydrogens (tertiary/aromatic N) is 4. The minimum absolute atomic E-state index is 0.509. The van der Waals surface area contributed by atoms with Crippen LogP contribution in [0.15, 0.2) is 18.5 Å². The molecule has 0 atom stereocenters. The standard InChI is InChI=1S/C12H17N5/c1-8(2)4-12-15-10(5-11(13)16-12)9-6-14-17(3)7-9/h5-8H,4H2,1-3H3,(H2,13,15,16). The normalized spacial score (nSPS) is 11.1. The van der Waals surface area contributed by atoms with Crippen molar-refractivity contribution in [2.75, 3.05) is 5.73 Å². The molecule has 2 rings (SSSR count). The van der Waals surface area contributed by atoms with Crippen LogP contribution in [0, 0.1) is 5.92 Å². The van der Waals surface area contributed by atoms with Gasteiger partial charge in [-0.25, -0.2) is 9.97 Å². The van der Waals surface area contributed by atoms with Gasteiger partial charge < -0.3 is 5.73 Å². The second kappa shape index (κ2) is 4.53. The topological polar surface area (TPSA) is 69.6 Å². The van der Waals surface area contributed by atoms with E-state index in [9.17, 15) is 0 Å². The summed E-state index contributed by atoms with van der Waals surface area (Å²) in [5.74, 6) is 1.81. The molecule has 0 fully saturated rings. The molecule has 2 heterocycles. The highest BCUT2D eigenvalue weighted by Crippen LogP contribution is 2.18. The monoisotopic (exact) mass is 231 g/mol. The van der Waals surface area contributed by atoms with Crippen LogP contribution >= 0.6 is 0 Å². The Balaban J connectivity index is 2.37. The van der Waals surface area contributed by atoms with Crippen molar-refractivity contribution in [3.8, 4) is 11.3 Å². The molecule has 0 aliphatic rings. The maximum Gasteiger partial charge on any atom is 0.131 e. The molecule has 0 saturated carbocycles. The Kier molecular flexibility index (Phi) is 3.08. The molecule has 0 saturated heterocycles. The van der Waals surface area contributed by atoms with Crippen molar-refractivity contribution < 1.29 is 0 Å². The Labute approximate surface area is 101 Å². The second-order valence-electron chi connectivity index (χ2n) is 4.59. The summed E-state index contributed by atoms with van der Waals surface area (Å²) in [4.78, 5) is 8.76. The molecule has 0 aromatic carbocycles. The van der Waals surface area contributed by atoms with Gasteiger partial charge in [-0.3, -0.25) is 4.68 Å². The van der Waals surface area contributed by atoms with Crippen LogP contribution < -0.4 is 5.73 Å². The van der Waals surface area contributed by atoms with Crippen LogP contribution in [0.3, 0.4) is 0 Å². The highest BCUT2D eigenvalue weighted by atomic mass is 15.2. The summed E-state index contributed by atoms with van der Waals surface area (Å²) in [6.45, 7) is 4.27. The molecule has 5 nitrogen and oxygen atoms in total. The van der Waals surface area contributed by atoms with E-state index in [1.165, 1.54) is 0 Å². The fourth-order valence-electron chi connectivity index (χ4n) is 1.68. The van der Waals surface area contributed by atoms with E-state index in [2.05, 4.69) is 28.9 Å². The molecule has 90 valence electrons. The zero-order valence-electron chi connectivity index (χ0n) is 10.4. The number of aromatic nitrogens is 4. The van der Waals surface area contributed by atoms with E-state index in [1.807, 2.05) is 13.2 Å². The van der Waals surface area contributed by atoms with Gasteiger partial charge in [0.05, 0.1) is 11.9 Å². The quantitative estimate of drug-likeness (QED) is 0.872. The fraction of sp³-hybridized carbons (Fsp3) is 0.417. The lowest BCUT2D eigenvalue weighted by Crippen LogP contribution is -2.04. The number of aryl methyl sites for hydroxylation is 1. The Morgan fingerprint density at radius 3 is 2.71 bits per heavy atom. The lowest BCUT2D eigenvalue weighted by atomic mass is 10.1. The lowest BCUT2D eigenvalue weighted by molar-refractivity contribution is 0.622. The maximum atomic E-state index is 5.80. The molecule has 0 radical (unpaired) electrons. The maximum absolute atomic E-state index is 5.80. The van der Waals surface area contributed by atoms with Crippen molar-refractivity contribution in [2.24, 2.45) is 13.0 Å². The molecular formula is C12H17N5. The average molecular weight is 231 g/mol. The van der Waals surface area contributed by atoms with Crippen molar-refractivity contribution >= 4 is 5.82 Å². The van der Waals surface area contributed by atoms with Gasteiger partial charge in [0.1, 0.15) is 11.6 Å². The smallest absolute Gasteiger partial charge is 0.131 e. The molecule has 0 spiro atoms. The fourth-order valence-corrected chi connectivity index (χ4v) is 1.68. The van der Waals surface area contributed by atoms with Gasteiger partial charge in [-0.05, 0) is 5.92 Å². The summed E-state index contributed by atoms with van der Waals surface area (Å²) in [6.07, 6.45) is 4.53. The van der Waals surface area contributed by atoms with Crippen LogP contribution in [0.2, 0.25) is 0 Å². The molecular weight excluding hydrogens is 214 g/mol. The van der Waals surface area contributed by atoms with Gasteiger partial charge >= 0.3 is 0 Å². The van der Waals surface area contributed by atoms with Crippen LogP contribution in [0.1, 0.15) is 19.7 Å². The first kappa shape index (κ1) is 11.6. The number of anilines is 1. The summed E-state index contributed by atoms with van der Waals surface area (Å²) >= 11 is 0. The van der Waals surface area contributed by atoms with Gasteiger partial charge in [-0.1, -0.05) is 13.8 Å². The predicted octanol–water partition coefficient (Wildman–Crippen LogP) is 1.66. The molecule has 0 amide bonds. The number of hydrogen-bond donors (Lipinski definition) is 1. The van der Waals surface area contributed by atoms with E-state index >= 15 is 0 Å². The summed E-state index contributed by atoms with van der Waals surface area (Å²) in [5.41, 5.74) is 7.60. The molecule has 17 heavy (non-hydrogen) atoms. The number of nitrogen functional groups attached to an aromatic ring is 1. The zero-order valence-corrected chi connectivity index (χ0v) is 10.4. The first-order chi connectivity index (χ1) is 8.04. The van der Waals surface area contributed by atoms with Crippen LogP contribution in [0.4, 0.5) is 5.82 Å². The molecule has 5 heteroatoms. The average Bonchev–Trinajstić information content (AvgIpc) is 2.62. The Morgan fingerprint density at radius 1 is 1.35 bits per heavy atom. The third-order valence-electron chi connectivity index (χ3n) is 2.38. The zero-order chi connectivity index (χ0) is 12.4. The van der Waals surface area contributed by atoms with Crippen LogP contribution in [0.25, 0.3) is 11.3 Å². The second-order valence-corrected chi connectivity index (χ2v) is 4.59. The van der Waals surface area contributed by atoms with Gasteiger partial charge in [-0.2, -0.15) is 5.10 Å². The van der Waals surface area contributed by atoms with Gasteiger partial charge in [0.15, 0.2) is 0 Å². The van der Waals surface area contributed by atoms with Gasteiger partial charge in [0.2, 0.25) is 0 Å². The number of nitrogens with two attached hydrogens (primary N) is 1. The third-order valence-corrected chi connectivity index (χ3v) is 2.38. The minimum Gasteiger partial charge on any atom is -0.384 e. The minimum atomic E-state index is 0.509. The SMILES string of the molecule is CC(C)Cc1nc(N)cc(-c2cnn(C)c2)n1. The third kappa shape index (κ3) is 2.81. The van der Waals surface area contributed by atoms with Crippen molar-refractivity contribution in [3.63, 3.8) is 0 Å². The first-order valence-corrected chi connectivity index (χ1v) is 5.67. The Morgan fingerprint density at radius 2 is 2.12 bits per heavy atom. The predicted molar refractivity (Wildman–Crippen MR) is 67.2 cm³/mol. The summed E-state index contributed by atoms with van der Waals surface area (Å²) in [6, 6.07) is 1.78. The molecule has 2 aromatic heterocycles. The number of hydrogen-bond acceptors (Lipinski definition) is 4. The van der Waals surface area contributed by atoms with Gasteiger partial charge in [0.25, 0.3) is 0 Å². The summed E-state index contributed by atoms with van der Waals surface area (Å²) in [5, 5.41) is 4.13. The van der Waals surface area contributed by atoms with E-state index in [4.69, 9.17) is 5.73 Å². The Hall–Kier alpha value is -1.91. The highest BCUT2D eigenvalue weighted by molar-refractivity contribution is 5.60. The van der Waals surface area contributed by atoms with E-state index < -0.39 is 0 Å². The van der Waals surface area contributed by atoms with Crippen molar-refractivity contribution in [1.82, 2.24) is 19.7 Å². The molecule has 0 aliphatic carbocycles. The van der Waals surface area contributed by atoms with Gasteiger partial charge in [0, 0.05) is 31.3 Å². The van der Waals surface area contributed by atoms with Crippen LogP contribution in [0.5, 0.6) is 0 Å². The van der Waals surface area contributed by atoms with Crippen molar-refractivity contribution in [3.05, 3.63) is 24.3 Å². The van der Waals surface area contributed by atoms with Crippen molar-refractivity contribution in [2.45, 2.75) is 20.3 Å². The summed E-state index contributed by atoms with van der Waals surface area (Å²) < 4.78 is 1.75. The summed E-state index contributed by atoms with van der Waals surface area (Å²) in [7, 11) is 1.88. The van der Waals surface area contributed by atoms with E-state index in [1.54, 1.807) is 16.9 Å². The van der Waals surface area contributed by atoms with Crippen LogP contribution in [-0.4, -0.2) is 19.7 Å². The molecule has 0 bridgehead atoms. The molecule has 0 unspecified atom stereocenters. The molecule has 0 aliphatic heterocycles. The highest BCUT2D eigenvalue weighted by Gasteiger charge is 2.08.